The molecule has 0 aromatic heterocycles. The molecule has 1 unspecified atom stereocenters. The molecule has 0 rings (SSSR count). The number of oxime groups is 1. The van der Waals surface area contributed by atoms with Crippen molar-refractivity contribution in [3.63, 3.8) is 0 Å². The molecule has 6 heteroatoms. The van der Waals surface area contributed by atoms with Gasteiger partial charge < -0.3 is 22.0 Å². The normalized spacial score (nSPS) is 13.7. The Hall–Kier alpha value is -1.30. The van der Waals surface area contributed by atoms with E-state index in [4.69, 9.17) is 16.7 Å². The molecule has 0 saturated carbocycles. The van der Waals surface area contributed by atoms with Gasteiger partial charge in [-0.15, -0.1) is 0 Å². The van der Waals surface area contributed by atoms with Crippen molar-refractivity contribution in [2.24, 2.45) is 16.6 Å². The minimum atomic E-state index is -0.260. The van der Waals surface area contributed by atoms with E-state index in [0.717, 1.165) is 25.8 Å². The summed E-state index contributed by atoms with van der Waals surface area (Å²) in [5.74, 6) is -0.0276. The van der Waals surface area contributed by atoms with Gasteiger partial charge in [0.25, 0.3) is 0 Å². The average Bonchev–Trinajstić information content (AvgIpc) is 2.26. The van der Waals surface area contributed by atoms with E-state index in [1.807, 2.05) is 6.92 Å². The Kier molecular flexibility index (Phi) is 8.24. The highest BCUT2D eigenvalue weighted by molar-refractivity contribution is 5.80. The molecule has 0 spiro atoms. The molecule has 0 aromatic carbocycles. The number of hydrogen-bond acceptors (Lipinski definition) is 4. The van der Waals surface area contributed by atoms with Gasteiger partial charge in [0, 0.05) is 18.9 Å². The summed E-state index contributed by atoms with van der Waals surface area (Å²) in [4.78, 5) is 10.5. The van der Waals surface area contributed by atoms with E-state index in [1.54, 1.807) is 0 Å². The van der Waals surface area contributed by atoms with Gasteiger partial charge in [0.1, 0.15) is 5.84 Å². The van der Waals surface area contributed by atoms with Gasteiger partial charge in [-0.2, -0.15) is 0 Å². The van der Waals surface area contributed by atoms with Gasteiger partial charge in [-0.05, 0) is 25.8 Å². The Morgan fingerprint density at radius 2 is 2.12 bits per heavy atom. The molecule has 0 aromatic rings. The van der Waals surface area contributed by atoms with Crippen LogP contribution in [0.25, 0.3) is 0 Å². The first kappa shape index (κ1) is 14.7. The number of nitrogens with two attached hydrogens (primary N) is 2. The second-order valence-corrected chi connectivity index (χ2v) is 3.78. The first-order valence-electron chi connectivity index (χ1n) is 5.58. The molecule has 94 valence electrons. The lowest BCUT2D eigenvalue weighted by Crippen LogP contribution is -2.33. The molecule has 0 aliphatic carbocycles. The standard InChI is InChI=1S/C10H22N4O2/c1-2-8(7-9(11)14-16)13-6-4-3-5-10(12)15/h8,13,16H,2-7H2,1H3,(H2,11,14)(H2,12,15). The fourth-order valence-corrected chi connectivity index (χ4v) is 1.38. The van der Waals surface area contributed by atoms with Crippen LogP contribution in [0.3, 0.4) is 0 Å². The molecular formula is C10H22N4O2. The average molecular weight is 230 g/mol. The summed E-state index contributed by atoms with van der Waals surface area (Å²) in [6, 6.07) is 0.212. The third kappa shape index (κ3) is 8.05. The first-order valence-corrected chi connectivity index (χ1v) is 5.58. The molecule has 6 nitrogen and oxygen atoms in total. The van der Waals surface area contributed by atoms with Crippen molar-refractivity contribution >= 4 is 11.7 Å². The van der Waals surface area contributed by atoms with Crippen LogP contribution >= 0.6 is 0 Å². The van der Waals surface area contributed by atoms with Gasteiger partial charge in [0.15, 0.2) is 0 Å². The highest BCUT2D eigenvalue weighted by atomic mass is 16.4. The Bertz CT molecular complexity index is 231. The molecule has 0 aliphatic heterocycles. The summed E-state index contributed by atoms with van der Waals surface area (Å²) in [5, 5.41) is 14.7. The van der Waals surface area contributed by atoms with Crippen molar-refractivity contribution < 1.29 is 10.0 Å². The lowest BCUT2D eigenvalue weighted by Gasteiger charge is -2.15. The quantitative estimate of drug-likeness (QED) is 0.148. The third-order valence-electron chi connectivity index (χ3n) is 2.36. The molecule has 1 atom stereocenters. The summed E-state index contributed by atoms with van der Waals surface area (Å²) in [6.45, 7) is 2.84. The highest BCUT2D eigenvalue weighted by Crippen LogP contribution is 1.99. The van der Waals surface area contributed by atoms with Gasteiger partial charge >= 0.3 is 0 Å². The predicted octanol–water partition coefficient (Wildman–Crippen LogP) is 0.147. The van der Waals surface area contributed by atoms with Gasteiger partial charge in [-0.1, -0.05) is 12.1 Å². The molecule has 0 fully saturated rings. The van der Waals surface area contributed by atoms with E-state index in [0.29, 0.717) is 12.8 Å². The summed E-state index contributed by atoms with van der Waals surface area (Å²) in [5.41, 5.74) is 10.4. The molecule has 0 radical (unpaired) electrons. The lowest BCUT2D eigenvalue weighted by atomic mass is 10.1. The van der Waals surface area contributed by atoms with E-state index >= 15 is 0 Å². The van der Waals surface area contributed by atoms with E-state index in [2.05, 4.69) is 10.5 Å². The van der Waals surface area contributed by atoms with Crippen LogP contribution in [0.1, 0.15) is 39.0 Å². The van der Waals surface area contributed by atoms with E-state index < -0.39 is 0 Å². The number of primary amides is 1. The summed E-state index contributed by atoms with van der Waals surface area (Å²) >= 11 is 0. The zero-order valence-electron chi connectivity index (χ0n) is 9.78. The zero-order chi connectivity index (χ0) is 12.4. The second-order valence-electron chi connectivity index (χ2n) is 3.78. The summed E-state index contributed by atoms with van der Waals surface area (Å²) in [6.07, 6.45) is 3.56. The monoisotopic (exact) mass is 230 g/mol. The van der Waals surface area contributed by atoms with Crippen molar-refractivity contribution in [2.75, 3.05) is 6.54 Å². The fourth-order valence-electron chi connectivity index (χ4n) is 1.38. The number of amides is 1. The molecular weight excluding hydrogens is 208 g/mol. The third-order valence-corrected chi connectivity index (χ3v) is 2.36. The maximum atomic E-state index is 10.5. The SMILES string of the molecule is CCC(CC(N)=NO)NCCCCC(N)=O. The molecule has 0 aliphatic rings. The van der Waals surface area contributed by atoms with Crippen molar-refractivity contribution in [1.82, 2.24) is 5.32 Å². The Balaban J connectivity index is 3.59. The van der Waals surface area contributed by atoms with Crippen LogP contribution in [0.4, 0.5) is 0 Å². The minimum Gasteiger partial charge on any atom is -0.409 e. The number of carbonyl (C=O) groups is 1. The van der Waals surface area contributed by atoms with Crippen molar-refractivity contribution in [3.05, 3.63) is 0 Å². The number of hydrogen-bond donors (Lipinski definition) is 4. The Labute approximate surface area is 96.1 Å². The Morgan fingerprint density at radius 1 is 1.44 bits per heavy atom. The van der Waals surface area contributed by atoms with Crippen LogP contribution in [-0.4, -0.2) is 29.5 Å². The minimum absolute atomic E-state index is 0.212. The predicted molar refractivity (Wildman–Crippen MR) is 63.2 cm³/mol. The van der Waals surface area contributed by atoms with Crippen molar-refractivity contribution in [3.8, 4) is 0 Å². The number of amidine groups is 1. The van der Waals surface area contributed by atoms with Crippen LogP contribution < -0.4 is 16.8 Å². The largest absolute Gasteiger partial charge is 0.409 e. The second kappa shape index (κ2) is 8.96. The van der Waals surface area contributed by atoms with E-state index in [9.17, 15) is 4.79 Å². The number of nitrogens with zero attached hydrogens (tertiary/aromatic N) is 1. The first-order chi connectivity index (χ1) is 7.60. The van der Waals surface area contributed by atoms with Gasteiger partial charge in [0.05, 0.1) is 0 Å². The van der Waals surface area contributed by atoms with Crippen LogP contribution in [-0.2, 0) is 4.79 Å². The van der Waals surface area contributed by atoms with Gasteiger partial charge in [-0.3, -0.25) is 4.79 Å². The smallest absolute Gasteiger partial charge is 0.217 e. The fraction of sp³-hybridized carbons (Fsp3) is 0.800. The summed E-state index contributed by atoms with van der Waals surface area (Å²) in [7, 11) is 0. The number of rotatable bonds is 9. The molecule has 0 bridgehead atoms. The maximum absolute atomic E-state index is 10.5. The molecule has 16 heavy (non-hydrogen) atoms. The van der Waals surface area contributed by atoms with E-state index in [-0.39, 0.29) is 17.8 Å². The van der Waals surface area contributed by atoms with Crippen LogP contribution in [0.5, 0.6) is 0 Å². The van der Waals surface area contributed by atoms with Crippen LogP contribution in [0.15, 0.2) is 5.16 Å². The van der Waals surface area contributed by atoms with Crippen molar-refractivity contribution in [2.45, 2.75) is 45.1 Å². The van der Waals surface area contributed by atoms with E-state index in [1.165, 1.54) is 0 Å². The summed E-state index contributed by atoms with van der Waals surface area (Å²) < 4.78 is 0. The van der Waals surface area contributed by atoms with Gasteiger partial charge in [0.2, 0.25) is 5.91 Å². The number of carbonyl (C=O) groups excluding carboxylic acids is 1. The molecule has 0 saturated heterocycles. The van der Waals surface area contributed by atoms with Gasteiger partial charge in [-0.25, -0.2) is 0 Å². The molecule has 0 heterocycles. The van der Waals surface area contributed by atoms with Crippen molar-refractivity contribution in [1.29, 1.82) is 0 Å². The van der Waals surface area contributed by atoms with Crippen LogP contribution in [0, 0.1) is 0 Å². The Morgan fingerprint density at radius 3 is 2.62 bits per heavy atom. The molecule has 1 amide bonds. The molecule has 6 N–H and O–H groups in total. The highest BCUT2D eigenvalue weighted by Gasteiger charge is 2.07. The van der Waals surface area contributed by atoms with Crippen LogP contribution in [0.2, 0.25) is 0 Å². The number of unbranched alkanes of at least 4 members (excludes halogenated alkanes) is 1. The maximum Gasteiger partial charge on any atom is 0.217 e. The topological polar surface area (TPSA) is 114 Å². The zero-order valence-corrected chi connectivity index (χ0v) is 9.78. The number of nitrogens with one attached hydrogen (secondary N) is 1. The lowest BCUT2D eigenvalue weighted by molar-refractivity contribution is -0.118.